The summed E-state index contributed by atoms with van der Waals surface area (Å²) in [4.78, 5) is 29.4. The minimum atomic E-state index is -1.49. The molecule has 10 nitrogen and oxygen atoms in total. The molecule has 1 fully saturated rings. The summed E-state index contributed by atoms with van der Waals surface area (Å²) in [5.74, 6) is 0.847. The van der Waals surface area contributed by atoms with Crippen LogP contribution in [0, 0.1) is 0 Å². The van der Waals surface area contributed by atoms with E-state index in [1.807, 2.05) is 6.07 Å². The van der Waals surface area contributed by atoms with Gasteiger partial charge in [-0.25, -0.2) is 9.78 Å². The van der Waals surface area contributed by atoms with E-state index >= 15 is 0 Å². The molecule has 0 radical (unpaired) electrons. The van der Waals surface area contributed by atoms with Gasteiger partial charge in [-0.15, -0.1) is 0 Å². The van der Waals surface area contributed by atoms with Crippen LogP contribution in [0.2, 0.25) is 0 Å². The molecule has 4 N–H and O–H groups in total. The molecule has 30 heavy (non-hydrogen) atoms. The minimum Gasteiger partial charge on any atom is -0.480 e. The lowest BCUT2D eigenvalue weighted by molar-refractivity contribution is -0.118. The maximum absolute atomic E-state index is 12.3. The highest BCUT2D eigenvalue weighted by Crippen LogP contribution is 2.30. The van der Waals surface area contributed by atoms with E-state index in [2.05, 4.69) is 15.6 Å². The zero-order valence-corrected chi connectivity index (χ0v) is 16.1. The van der Waals surface area contributed by atoms with E-state index in [-0.39, 0.29) is 24.4 Å². The second-order valence-corrected chi connectivity index (χ2v) is 7.05. The molecule has 3 heterocycles. The maximum Gasteiger partial charge on any atom is 0.488 e. The average Bonchev–Trinajstić information content (AvgIpc) is 3.11. The number of nitrogens with one attached hydrogen (secondary N) is 2. The van der Waals surface area contributed by atoms with Crippen molar-refractivity contribution in [1.82, 2.24) is 10.3 Å². The van der Waals surface area contributed by atoms with Gasteiger partial charge in [0.05, 0.1) is 6.54 Å². The van der Waals surface area contributed by atoms with Gasteiger partial charge >= 0.3 is 13.2 Å². The van der Waals surface area contributed by atoms with E-state index < -0.39 is 13.2 Å². The van der Waals surface area contributed by atoms with Crippen molar-refractivity contribution in [3.63, 3.8) is 0 Å². The standard InChI is InChI=1S/C19H21BN4O6/c25-17-11-29-15-4-5-16(22-18(15)23-17)24-10-14(30-19(24)26)6-7-21-9-12-2-1-3-13(8-12)20(27)28/h1-5,8,14,21,27-28H,6-7,9-11H2,(H,22,23,25). The van der Waals surface area contributed by atoms with Gasteiger partial charge in [-0.05, 0) is 36.1 Å². The Kier molecular flexibility index (Phi) is 5.84. The molecule has 1 saturated heterocycles. The molecule has 156 valence electrons. The Labute approximate surface area is 173 Å². The summed E-state index contributed by atoms with van der Waals surface area (Å²) < 4.78 is 10.7. The fourth-order valence-corrected chi connectivity index (χ4v) is 3.32. The van der Waals surface area contributed by atoms with E-state index in [0.29, 0.717) is 43.1 Å². The number of carbonyl (C=O) groups excluding carboxylic acids is 2. The molecule has 11 heteroatoms. The van der Waals surface area contributed by atoms with Gasteiger partial charge in [0.15, 0.2) is 18.2 Å². The number of anilines is 2. The molecule has 1 atom stereocenters. The molecule has 0 saturated carbocycles. The van der Waals surface area contributed by atoms with Crippen LogP contribution in [0.4, 0.5) is 16.4 Å². The van der Waals surface area contributed by atoms with E-state index in [0.717, 1.165) is 5.56 Å². The van der Waals surface area contributed by atoms with Crippen molar-refractivity contribution in [3.8, 4) is 5.75 Å². The van der Waals surface area contributed by atoms with Crippen LogP contribution >= 0.6 is 0 Å². The highest BCUT2D eigenvalue weighted by molar-refractivity contribution is 6.58. The summed E-state index contributed by atoms with van der Waals surface area (Å²) in [7, 11) is -1.49. The van der Waals surface area contributed by atoms with Crippen molar-refractivity contribution < 1.29 is 29.1 Å². The summed E-state index contributed by atoms with van der Waals surface area (Å²) in [5.41, 5.74) is 1.36. The van der Waals surface area contributed by atoms with Crippen LogP contribution in [0.1, 0.15) is 12.0 Å². The number of amides is 2. The number of aromatic nitrogens is 1. The number of nitrogens with zero attached hydrogens (tertiary/aromatic N) is 2. The molecule has 2 aliphatic rings. The molecule has 0 aliphatic carbocycles. The third-order valence-corrected chi connectivity index (χ3v) is 4.83. The average molecular weight is 412 g/mol. The van der Waals surface area contributed by atoms with Gasteiger partial charge in [0.1, 0.15) is 11.9 Å². The number of hydrogen-bond donors (Lipinski definition) is 4. The Bertz CT molecular complexity index is 956. The van der Waals surface area contributed by atoms with E-state index in [1.165, 1.54) is 4.90 Å². The minimum absolute atomic E-state index is 0.0558. The topological polar surface area (TPSA) is 133 Å². The van der Waals surface area contributed by atoms with Crippen LogP contribution in [-0.2, 0) is 16.1 Å². The third-order valence-electron chi connectivity index (χ3n) is 4.83. The van der Waals surface area contributed by atoms with Crippen LogP contribution in [0.25, 0.3) is 0 Å². The summed E-state index contributed by atoms with van der Waals surface area (Å²) in [6, 6.07) is 10.3. The molecular weight excluding hydrogens is 391 g/mol. The summed E-state index contributed by atoms with van der Waals surface area (Å²) in [5, 5.41) is 24.3. The lowest BCUT2D eigenvalue weighted by Crippen LogP contribution is -2.30. The van der Waals surface area contributed by atoms with E-state index in [1.54, 1.807) is 30.3 Å². The molecule has 0 spiro atoms. The van der Waals surface area contributed by atoms with E-state index in [9.17, 15) is 19.6 Å². The molecule has 1 aromatic heterocycles. The number of benzene rings is 1. The largest absolute Gasteiger partial charge is 0.488 e. The van der Waals surface area contributed by atoms with Gasteiger partial charge in [0.25, 0.3) is 5.91 Å². The third kappa shape index (κ3) is 4.53. The lowest BCUT2D eigenvalue weighted by Gasteiger charge is -2.19. The van der Waals surface area contributed by atoms with Gasteiger partial charge in [-0.2, -0.15) is 0 Å². The van der Waals surface area contributed by atoms with Crippen molar-refractivity contribution in [2.45, 2.75) is 19.1 Å². The van der Waals surface area contributed by atoms with Crippen molar-refractivity contribution in [2.24, 2.45) is 0 Å². The summed E-state index contributed by atoms with van der Waals surface area (Å²) in [6.07, 6.45) is -0.172. The Balaban J connectivity index is 1.29. The van der Waals surface area contributed by atoms with Gasteiger partial charge in [0.2, 0.25) is 0 Å². The molecular formula is C19H21BN4O6. The predicted octanol–water partition coefficient (Wildman–Crippen LogP) is -0.403. The number of hydrogen-bond acceptors (Lipinski definition) is 8. The van der Waals surface area contributed by atoms with Crippen molar-refractivity contribution >= 4 is 36.2 Å². The van der Waals surface area contributed by atoms with Crippen LogP contribution in [0.3, 0.4) is 0 Å². The normalized spacial score (nSPS) is 17.8. The van der Waals surface area contributed by atoms with Crippen molar-refractivity contribution in [1.29, 1.82) is 0 Å². The lowest BCUT2D eigenvalue weighted by atomic mass is 9.80. The van der Waals surface area contributed by atoms with Crippen LogP contribution < -0.4 is 25.7 Å². The first-order valence-corrected chi connectivity index (χ1v) is 9.57. The Hall–Kier alpha value is -3.15. The van der Waals surface area contributed by atoms with Crippen LogP contribution in [0.5, 0.6) is 5.75 Å². The monoisotopic (exact) mass is 412 g/mol. The molecule has 2 aliphatic heterocycles. The Morgan fingerprint density at radius 2 is 2.13 bits per heavy atom. The fourth-order valence-electron chi connectivity index (χ4n) is 3.32. The maximum atomic E-state index is 12.3. The summed E-state index contributed by atoms with van der Waals surface area (Å²) >= 11 is 0. The molecule has 1 unspecified atom stereocenters. The molecule has 2 aromatic rings. The van der Waals surface area contributed by atoms with E-state index in [4.69, 9.17) is 9.47 Å². The number of cyclic esters (lactones) is 1. The van der Waals surface area contributed by atoms with Gasteiger partial charge in [-0.1, -0.05) is 24.3 Å². The molecule has 2 amide bonds. The first kappa shape index (κ1) is 20.1. The number of pyridine rings is 1. The smallest absolute Gasteiger partial charge is 0.480 e. The Morgan fingerprint density at radius 3 is 2.97 bits per heavy atom. The van der Waals surface area contributed by atoms with Crippen LogP contribution in [0.15, 0.2) is 36.4 Å². The molecule has 1 aromatic carbocycles. The zero-order valence-electron chi connectivity index (χ0n) is 16.1. The van der Waals surface area contributed by atoms with Gasteiger partial charge < -0.3 is 30.2 Å². The fraction of sp³-hybridized carbons (Fsp3) is 0.316. The first-order valence-electron chi connectivity index (χ1n) is 9.57. The second kappa shape index (κ2) is 8.70. The summed E-state index contributed by atoms with van der Waals surface area (Å²) in [6.45, 7) is 1.46. The molecule has 4 rings (SSSR count). The van der Waals surface area contributed by atoms with Crippen molar-refractivity contribution in [2.75, 3.05) is 29.9 Å². The van der Waals surface area contributed by atoms with Crippen LogP contribution in [-0.4, -0.2) is 60.0 Å². The quantitative estimate of drug-likeness (QED) is 0.357. The highest BCUT2D eigenvalue weighted by atomic mass is 16.6. The highest BCUT2D eigenvalue weighted by Gasteiger charge is 2.33. The predicted molar refractivity (Wildman–Crippen MR) is 109 cm³/mol. The number of fused-ring (bicyclic) bond motifs is 1. The number of ether oxygens (including phenoxy) is 2. The molecule has 0 bridgehead atoms. The first-order chi connectivity index (χ1) is 14.5. The number of carbonyl (C=O) groups is 2. The SMILES string of the molecule is O=C1COc2ccc(N3CC(CCNCc4cccc(B(O)O)c4)OC3=O)nc2N1. The second-order valence-electron chi connectivity index (χ2n) is 7.05. The van der Waals surface area contributed by atoms with Crippen molar-refractivity contribution in [3.05, 3.63) is 42.0 Å². The Morgan fingerprint density at radius 1 is 1.27 bits per heavy atom. The van der Waals surface area contributed by atoms with Gasteiger partial charge in [0, 0.05) is 6.54 Å². The van der Waals surface area contributed by atoms with Gasteiger partial charge in [-0.3, -0.25) is 9.69 Å². The number of rotatable bonds is 7. The zero-order chi connectivity index (χ0) is 21.1.